The van der Waals surface area contributed by atoms with Crippen LogP contribution >= 0.6 is 0 Å². The smallest absolute Gasteiger partial charge is 0.278 e. The molecule has 1 atom stereocenters. The van der Waals surface area contributed by atoms with Gasteiger partial charge in [-0.2, -0.15) is 0 Å². The van der Waals surface area contributed by atoms with E-state index < -0.39 is 0 Å². The monoisotopic (exact) mass is 338 g/mol. The summed E-state index contributed by atoms with van der Waals surface area (Å²) in [5.41, 5.74) is 1.56. The van der Waals surface area contributed by atoms with Gasteiger partial charge in [-0.05, 0) is 12.1 Å². The summed E-state index contributed by atoms with van der Waals surface area (Å²) in [5.74, 6) is 0.686. The Balaban J connectivity index is 1.45. The molecule has 1 amide bonds. The highest BCUT2D eigenvalue weighted by Gasteiger charge is 2.30. The zero-order valence-corrected chi connectivity index (χ0v) is 13.8. The Labute approximate surface area is 144 Å². The van der Waals surface area contributed by atoms with E-state index in [4.69, 9.17) is 9.47 Å². The van der Waals surface area contributed by atoms with Crippen molar-refractivity contribution < 1.29 is 14.3 Å². The summed E-state index contributed by atoms with van der Waals surface area (Å²) >= 11 is 0. The van der Waals surface area contributed by atoms with Crippen LogP contribution in [0, 0.1) is 0 Å². The molecular formula is C18H18N4O3. The highest BCUT2D eigenvalue weighted by atomic mass is 16.5. The number of carbonyl (C=O) groups excluding carboxylic acids is 1. The van der Waals surface area contributed by atoms with Crippen molar-refractivity contribution >= 4 is 16.8 Å². The maximum Gasteiger partial charge on any atom is 0.278 e. The molecular weight excluding hydrogens is 320 g/mol. The average Bonchev–Trinajstić information content (AvgIpc) is 3.28. The molecule has 7 heteroatoms. The quantitative estimate of drug-likeness (QED) is 0.789. The van der Waals surface area contributed by atoms with Crippen LogP contribution in [-0.4, -0.2) is 52.1 Å². The van der Waals surface area contributed by atoms with Gasteiger partial charge in [-0.3, -0.25) is 4.79 Å². The van der Waals surface area contributed by atoms with Crippen molar-refractivity contribution in [3.8, 4) is 11.8 Å². The van der Waals surface area contributed by atoms with Crippen molar-refractivity contribution in [2.45, 2.75) is 12.5 Å². The summed E-state index contributed by atoms with van der Waals surface area (Å²) in [6, 6.07) is 9.73. The van der Waals surface area contributed by atoms with Crippen LogP contribution in [0.15, 0.2) is 42.7 Å². The maximum absolute atomic E-state index is 12.7. The van der Waals surface area contributed by atoms with Crippen LogP contribution in [0.25, 0.3) is 10.9 Å². The van der Waals surface area contributed by atoms with Crippen LogP contribution in [0.4, 0.5) is 0 Å². The Morgan fingerprint density at radius 3 is 2.84 bits per heavy atom. The molecule has 0 spiro atoms. The third kappa shape index (κ3) is 3.00. The number of hydrogen-bond donors (Lipinski definition) is 1. The summed E-state index contributed by atoms with van der Waals surface area (Å²) in [5, 5.41) is 1.03. The molecule has 128 valence electrons. The second-order valence-corrected chi connectivity index (χ2v) is 5.92. The van der Waals surface area contributed by atoms with Crippen molar-refractivity contribution in [3.05, 3.63) is 48.4 Å². The first kappa shape index (κ1) is 15.4. The number of nitrogens with one attached hydrogen (secondary N) is 1. The zero-order valence-electron chi connectivity index (χ0n) is 13.8. The standard InChI is InChI=1S/C18H18N4O3/c1-24-16-17(20-8-7-19-16)25-13-6-9-22(11-13)18(23)15-10-12-4-2-3-5-14(12)21-15/h2-5,7-8,10,13,21H,6,9,11H2,1H3. The Bertz CT molecular complexity index is 875. The van der Waals surface area contributed by atoms with Crippen molar-refractivity contribution in [1.82, 2.24) is 19.9 Å². The van der Waals surface area contributed by atoms with Gasteiger partial charge in [0.05, 0.1) is 13.7 Å². The van der Waals surface area contributed by atoms with E-state index in [2.05, 4.69) is 15.0 Å². The first-order chi connectivity index (χ1) is 12.2. The number of methoxy groups -OCH3 is 1. The molecule has 0 bridgehead atoms. The number of H-pyrrole nitrogens is 1. The largest absolute Gasteiger partial charge is 0.477 e. The molecule has 1 aliphatic rings. The predicted octanol–water partition coefficient (Wildman–Crippen LogP) is 2.26. The van der Waals surface area contributed by atoms with Gasteiger partial charge in [-0.15, -0.1) is 0 Å². The van der Waals surface area contributed by atoms with E-state index in [0.717, 1.165) is 17.3 Å². The summed E-state index contributed by atoms with van der Waals surface area (Å²) < 4.78 is 11.0. The van der Waals surface area contributed by atoms with Gasteiger partial charge >= 0.3 is 0 Å². The first-order valence-corrected chi connectivity index (χ1v) is 8.13. The minimum absolute atomic E-state index is 0.0200. The maximum atomic E-state index is 12.7. The van der Waals surface area contributed by atoms with Gasteiger partial charge < -0.3 is 19.4 Å². The molecule has 0 radical (unpaired) electrons. The Kier molecular flexibility index (Phi) is 3.97. The van der Waals surface area contributed by atoms with E-state index in [-0.39, 0.29) is 12.0 Å². The Morgan fingerprint density at radius 2 is 2.04 bits per heavy atom. The first-order valence-electron chi connectivity index (χ1n) is 8.13. The second kappa shape index (κ2) is 6.43. The number of rotatable bonds is 4. The van der Waals surface area contributed by atoms with E-state index in [0.29, 0.717) is 30.5 Å². The molecule has 1 N–H and O–H groups in total. The lowest BCUT2D eigenvalue weighted by atomic mass is 10.2. The number of fused-ring (bicyclic) bond motifs is 1. The van der Waals surface area contributed by atoms with Crippen LogP contribution in [0.3, 0.4) is 0 Å². The van der Waals surface area contributed by atoms with Gasteiger partial charge in [0.25, 0.3) is 17.7 Å². The van der Waals surface area contributed by atoms with Crippen LogP contribution < -0.4 is 9.47 Å². The molecule has 1 saturated heterocycles. The number of amides is 1. The van der Waals surface area contributed by atoms with Crippen LogP contribution in [0.1, 0.15) is 16.9 Å². The SMILES string of the molecule is COc1nccnc1OC1CCN(C(=O)c2cc3ccccc3[nH]2)C1. The minimum atomic E-state index is -0.126. The average molecular weight is 338 g/mol. The number of nitrogens with zero attached hydrogens (tertiary/aromatic N) is 3. The third-order valence-corrected chi connectivity index (χ3v) is 4.30. The number of hydrogen-bond acceptors (Lipinski definition) is 5. The highest BCUT2D eigenvalue weighted by Crippen LogP contribution is 2.25. The molecule has 0 aliphatic carbocycles. The van der Waals surface area contributed by atoms with Crippen LogP contribution in [-0.2, 0) is 0 Å². The zero-order chi connectivity index (χ0) is 17.2. The van der Waals surface area contributed by atoms with Crippen molar-refractivity contribution in [3.63, 3.8) is 0 Å². The van der Waals surface area contributed by atoms with Gasteiger partial charge in [-0.25, -0.2) is 9.97 Å². The number of aromatic nitrogens is 3. The molecule has 1 unspecified atom stereocenters. The molecule has 2 aromatic heterocycles. The summed E-state index contributed by atoms with van der Waals surface area (Å²) in [4.78, 5) is 25.9. The fourth-order valence-electron chi connectivity index (χ4n) is 3.06. The number of para-hydroxylation sites is 1. The van der Waals surface area contributed by atoms with Gasteiger partial charge in [0.2, 0.25) is 0 Å². The molecule has 3 heterocycles. The van der Waals surface area contributed by atoms with Crippen molar-refractivity contribution in [2.24, 2.45) is 0 Å². The van der Waals surface area contributed by atoms with Gasteiger partial charge in [-0.1, -0.05) is 18.2 Å². The van der Waals surface area contributed by atoms with E-state index in [1.807, 2.05) is 30.3 Å². The summed E-state index contributed by atoms with van der Waals surface area (Å²) in [6.07, 6.45) is 3.72. The van der Waals surface area contributed by atoms with E-state index >= 15 is 0 Å². The van der Waals surface area contributed by atoms with E-state index in [9.17, 15) is 4.79 Å². The molecule has 1 fully saturated rings. The molecule has 1 aliphatic heterocycles. The van der Waals surface area contributed by atoms with Crippen molar-refractivity contribution in [1.29, 1.82) is 0 Å². The number of likely N-dealkylation sites (tertiary alicyclic amines) is 1. The lowest BCUT2D eigenvalue weighted by molar-refractivity contribution is 0.0765. The Morgan fingerprint density at radius 1 is 1.24 bits per heavy atom. The molecule has 0 saturated carbocycles. The topological polar surface area (TPSA) is 80.3 Å². The predicted molar refractivity (Wildman–Crippen MR) is 91.8 cm³/mol. The number of aromatic amines is 1. The Hall–Kier alpha value is -3.09. The fraction of sp³-hybridized carbons (Fsp3) is 0.278. The van der Waals surface area contributed by atoms with Crippen LogP contribution in [0.5, 0.6) is 11.8 Å². The second-order valence-electron chi connectivity index (χ2n) is 5.92. The van der Waals surface area contributed by atoms with Gasteiger partial charge in [0, 0.05) is 36.3 Å². The molecule has 25 heavy (non-hydrogen) atoms. The fourth-order valence-corrected chi connectivity index (χ4v) is 3.06. The number of benzene rings is 1. The summed E-state index contributed by atoms with van der Waals surface area (Å²) in [6.45, 7) is 1.15. The molecule has 4 rings (SSSR count). The normalized spacial score (nSPS) is 17.0. The molecule has 3 aromatic rings. The van der Waals surface area contributed by atoms with Crippen LogP contribution in [0.2, 0.25) is 0 Å². The lowest BCUT2D eigenvalue weighted by Gasteiger charge is -2.16. The number of carbonyl (C=O) groups is 1. The van der Waals surface area contributed by atoms with E-state index in [1.54, 1.807) is 17.3 Å². The lowest BCUT2D eigenvalue weighted by Crippen LogP contribution is -2.31. The third-order valence-electron chi connectivity index (χ3n) is 4.30. The highest BCUT2D eigenvalue weighted by molar-refractivity contribution is 5.98. The molecule has 1 aromatic carbocycles. The minimum Gasteiger partial charge on any atom is -0.477 e. The van der Waals surface area contributed by atoms with E-state index in [1.165, 1.54) is 7.11 Å². The van der Waals surface area contributed by atoms with Gasteiger partial charge in [0.1, 0.15) is 11.8 Å². The number of ether oxygens (including phenoxy) is 2. The van der Waals surface area contributed by atoms with Crippen molar-refractivity contribution in [2.75, 3.05) is 20.2 Å². The molecule has 7 nitrogen and oxygen atoms in total. The van der Waals surface area contributed by atoms with Gasteiger partial charge in [0.15, 0.2) is 0 Å². The summed E-state index contributed by atoms with van der Waals surface area (Å²) in [7, 11) is 1.53.